The van der Waals surface area contributed by atoms with Crippen LogP contribution in [0.4, 0.5) is 0 Å². The third-order valence-electron chi connectivity index (χ3n) is 3.48. The molecule has 0 aliphatic rings. The average molecular weight is 301 g/mol. The standard InChI is InChI=1S/C17H23N3O2/c1-4-5-9-18-12-16-17(21)10-13(2)20(19-16)14-7-6-8-15(11-14)22-3/h6-8,10-11,18H,4-5,9,12H2,1-3H3. The minimum atomic E-state index is -0.0272. The molecule has 0 radical (unpaired) electrons. The Hall–Kier alpha value is -2.14. The molecule has 1 aromatic carbocycles. The molecular formula is C17H23N3O2. The lowest BCUT2D eigenvalue weighted by molar-refractivity contribution is 0.414. The molecule has 2 rings (SSSR count). The van der Waals surface area contributed by atoms with E-state index < -0.39 is 0 Å². The molecule has 0 aliphatic heterocycles. The number of methoxy groups -OCH3 is 1. The summed E-state index contributed by atoms with van der Waals surface area (Å²) in [7, 11) is 1.63. The molecule has 0 unspecified atom stereocenters. The lowest BCUT2D eigenvalue weighted by Crippen LogP contribution is -2.25. The van der Waals surface area contributed by atoms with E-state index >= 15 is 0 Å². The van der Waals surface area contributed by atoms with Gasteiger partial charge >= 0.3 is 0 Å². The smallest absolute Gasteiger partial charge is 0.204 e. The van der Waals surface area contributed by atoms with Gasteiger partial charge in [0.15, 0.2) is 0 Å². The Bertz CT molecular complexity index is 680. The highest BCUT2D eigenvalue weighted by atomic mass is 16.5. The molecule has 0 aliphatic carbocycles. The fourth-order valence-electron chi connectivity index (χ4n) is 2.22. The molecule has 22 heavy (non-hydrogen) atoms. The van der Waals surface area contributed by atoms with Crippen molar-refractivity contribution in [2.24, 2.45) is 0 Å². The van der Waals surface area contributed by atoms with Crippen LogP contribution in [0, 0.1) is 6.92 Å². The van der Waals surface area contributed by atoms with E-state index in [0.717, 1.165) is 36.5 Å². The summed E-state index contributed by atoms with van der Waals surface area (Å²) in [5.74, 6) is 0.764. The number of unbranched alkanes of at least 4 members (excludes halogenated alkanes) is 1. The van der Waals surface area contributed by atoms with Gasteiger partial charge in [0.05, 0.1) is 12.8 Å². The van der Waals surface area contributed by atoms with Crippen LogP contribution >= 0.6 is 0 Å². The highest BCUT2D eigenvalue weighted by molar-refractivity contribution is 5.39. The predicted molar refractivity (Wildman–Crippen MR) is 87.7 cm³/mol. The second-order valence-corrected chi connectivity index (χ2v) is 5.24. The summed E-state index contributed by atoms with van der Waals surface area (Å²) >= 11 is 0. The van der Waals surface area contributed by atoms with Gasteiger partial charge in [-0.2, -0.15) is 5.10 Å². The zero-order chi connectivity index (χ0) is 15.9. The summed E-state index contributed by atoms with van der Waals surface area (Å²) in [6.45, 7) is 5.40. The van der Waals surface area contributed by atoms with E-state index in [1.54, 1.807) is 17.9 Å². The number of aromatic nitrogens is 2. The molecule has 0 bridgehead atoms. The Morgan fingerprint density at radius 2 is 2.14 bits per heavy atom. The summed E-state index contributed by atoms with van der Waals surface area (Å²) in [6, 6.07) is 9.27. The van der Waals surface area contributed by atoms with Gasteiger partial charge in [0.2, 0.25) is 5.43 Å². The molecule has 1 aromatic heterocycles. The van der Waals surface area contributed by atoms with Crippen LogP contribution in [0.2, 0.25) is 0 Å². The van der Waals surface area contributed by atoms with Crippen LogP contribution in [0.25, 0.3) is 5.69 Å². The minimum absolute atomic E-state index is 0.0272. The van der Waals surface area contributed by atoms with Gasteiger partial charge in [0.25, 0.3) is 0 Å². The number of nitrogens with zero attached hydrogens (tertiary/aromatic N) is 2. The van der Waals surface area contributed by atoms with Gasteiger partial charge in [-0.05, 0) is 32.0 Å². The van der Waals surface area contributed by atoms with E-state index in [1.165, 1.54) is 0 Å². The molecule has 0 fully saturated rings. The summed E-state index contributed by atoms with van der Waals surface area (Å²) in [6.07, 6.45) is 2.22. The van der Waals surface area contributed by atoms with Crippen molar-refractivity contribution in [3.05, 3.63) is 51.9 Å². The molecule has 0 atom stereocenters. The third-order valence-corrected chi connectivity index (χ3v) is 3.48. The lowest BCUT2D eigenvalue weighted by Gasteiger charge is -2.12. The SMILES string of the molecule is CCCCNCc1nn(-c2cccc(OC)c2)c(C)cc1=O. The number of rotatable bonds is 7. The maximum absolute atomic E-state index is 12.1. The number of nitrogens with one attached hydrogen (secondary N) is 1. The van der Waals surface area contributed by atoms with Crippen LogP contribution in [0.15, 0.2) is 35.1 Å². The summed E-state index contributed by atoms with van der Waals surface area (Å²) in [5.41, 5.74) is 2.19. The average Bonchev–Trinajstić information content (AvgIpc) is 2.53. The van der Waals surface area contributed by atoms with Crippen molar-refractivity contribution in [3.63, 3.8) is 0 Å². The number of hydrogen-bond donors (Lipinski definition) is 1. The molecule has 0 saturated carbocycles. The quantitative estimate of drug-likeness (QED) is 0.798. The zero-order valence-corrected chi connectivity index (χ0v) is 13.4. The Morgan fingerprint density at radius 1 is 1.32 bits per heavy atom. The van der Waals surface area contributed by atoms with Gasteiger partial charge in [-0.1, -0.05) is 19.4 Å². The number of benzene rings is 1. The van der Waals surface area contributed by atoms with Crippen molar-refractivity contribution in [1.29, 1.82) is 0 Å². The first-order valence-electron chi connectivity index (χ1n) is 7.60. The molecule has 0 spiro atoms. The topological polar surface area (TPSA) is 56.1 Å². The Labute approximate surface area is 130 Å². The second kappa shape index (κ2) is 7.75. The summed E-state index contributed by atoms with van der Waals surface area (Å²) in [4.78, 5) is 12.1. The van der Waals surface area contributed by atoms with E-state index in [9.17, 15) is 4.79 Å². The Balaban J connectivity index is 2.29. The monoisotopic (exact) mass is 301 g/mol. The lowest BCUT2D eigenvalue weighted by atomic mass is 10.2. The molecule has 2 aromatic rings. The van der Waals surface area contributed by atoms with Crippen molar-refractivity contribution in [2.45, 2.75) is 33.2 Å². The van der Waals surface area contributed by atoms with Crippen LogP contribution in [0.3, 0.4) is 0 Å². The van der Waals surface area contributed by atoms with E-state index in [-0.39, 0.29) is 5.43 Å². The highest BCUT2D eigenvalue weighted by Gasteiger charge is 2.08. The van der Waals surface area contributed by atoms with Crippen LogP contribution in [-0.4, -0.2) is 23.4 Å². The van der Waals surface area contributed by atoms with E-state index in [2.05, 4.69) is 17.3 Å². The molecule has 5 nitrogen and oxygen atoms in total. The second-order valence-electron chi connectivity index (χ2n) is 5.24. The van der Waals surface area contributed by atoms with Gasteiger partial charge in [-0.25, -0.2) is 4.68 Å². The molecule has 5 heteroatoms. The molecule has 0 saturated heterocycles. The van der Waals surface area contributed by atoms with Crippen molar-refractivity contribution in [3.8, 4) is 11.4 Å². The Kier molecular flexibility index (Phi) is 5.72. The van der Waals surface area contributed by atoms with Gasteiger partial charge in [0, 0.05) is 24.4 Å². The third kappa shape index (κ3) is 3.95. The van der Waals surface area contributed by atoms with Gasteiger partial charge in [-0.15, -0.1) is 0 Å². The normalized spacial score (nSPS) is 10.7. The summed E-state index contributed by atoms with van der Waals surface area (Å²) < 4.78 is 7.03. The van der Waals surface area contributed by atoms with Crippen molar-refractivity contribution < 1.29 is 4.74 Å². The van der Waals surface area contributed by atoms with Crippen molar-refractivity contribution >= 4 is 0 Å². The molecular weight excluding hydrogens is 278 g/mol. The van der Waals surface area contributed by atoms with Gasteiger partial charge in [0.1, 0.15) is 11.4 Å². The van der Waals surface area contributed by atoms with Crippen LogP contribution in [-0.2, 0) is 6.54 Å². The van der Waals surface area contributed by atoms with Crippen LogP contribution in [0.5, 0.6) is 5.75 Å². The fourth-order valence-corrected chi connectivity index (χ4v) is 2.22. The number of hydrogen-bond acceptors (Lipinski definition) is 4. The predicted octanol–water partition coefficient (Wildman–Crippen LogP) is 2.44. The summed E-state index contributed by atoms with van der Waals surface area (Å²) in [5, 5.41) is 7.76. The molecule has 0 amide bonds. The Morgan fingerprint density at radius 3 is 2.86 bits per heavy atom. The number of aryl methyl sites for hydroxylation is 1. The zero-order valence-electron chi connectivity index (χ0n) is 13.4. The van der Waals surface area contributed by atoms with Gasteiger partial charge in [-0.3, -0.25) is 4.79 Å². The highest BCUT2D eigenvalue weighted by Crippen LogP contribution is 2.16. The minimum Gasteiger partial charge on any atom is -0.497 e. The van der Waals surface area contributed by atoms with Crippen molar-refractivity contribution in [2.75, 3.05) is 13.7 Å². The largest absolute Gasteiger partial charge is 0.497 e. The van der Waals surface area contributed by atoms with E-state index in [1.807, 2.05) is 31.2 Å². The maximum Gasteiger partial charge on any atom is 0.204 e. The van der Waals surface area contributed by atoms with Crippen LogP contribution < -0.4 is 15.5 Å². The van der Waals surface area contributed by atoms with E-state index in [0.29, 0.717) is 12.2 Å². The number of ether oxygens (including phenoxy) is 1. The first kappa shape index (κ1) is 16.2. The first-order valence-corrected chi connectivity index (χ1v) is 7.60. The molecule has 1 N–H and O–H groups in total. The van der Waals surface area contributed by atoms with Crippen molar-refractivity contribution in [1.82, 2.24) is 15.1 Å². The fraction of sp³-hybridized carbons (Fsp3) is 0.412. The first-order chi connectivity index (χ1) is 10.7. The maximum atomic E-state index is 12.1. The molecule has 118 valence electrons. The van der Waals surface area contributed by atoms with Gasteiger partial charge < -0.3 is 10.1 Å². The van der Waals surface area contributed by atoms with Crippen LogP contribution in [0.1, 0.15) is 31.2 Å². The molecule has 1 heterocycles. The van der Waals surface area contributed by atoms with E-state index in [4.69, 9.17) is 4.74 Å².